The van der Waals surface area contributed by atoms with Gasteiger partial charge < -0.3 is 14.2 Å². The van der Waals surface area contributed by atoms with Crippen molar-refractivity contribution in [1.29, 1.82) is 0 Å². The van der Waals surface area contributed by atoms with Gasteiger partial charge in [-0.2, -0.15) is 0 Å². The largest absolute Gasteiger partial charge is 0.462 e. The Kier molecular flexibility index (Phi) is 57.4. The molecule has 6 nitrogen and oxygen atoms in total. The van der Waals surface area contributed by atoms with E-state index in [0.717, 1.165) is 148 Å². The maximum Gasteiger partial charge on any atom is 0.306 e. The van der Waals surface area contributed by atoms with Crippen LogP contribution in [0.5, 0.6) is 0 Å². The normalized spacial score (nSPS) is 13.1. The van der Waals surface area contributed by atoms with E-state index >= 15 is 0 Å². The van der Waals surface area contributed by atoms with Crippen molar-refractivity contribution in [3.63, 3.8) is 0 Å². The number of hydrogen-bond acceptors (Lipinski definition) is 6. The molecule has 0 aromatic carbocycles. The molecular weight excluding hydrogens is 913 g/mol. The maximum atomic E-state index is 12.8. The molecule has 0 heterocycles. The molecule has 0 saturated carbocycles. The Bertz CT molecular complexity index is 1600. The second-order valence-corrected chi connectivity index (χ2v) is 19.5. The first-order chi connectivity index (χ1) is 36.5. The van der Waals surface area contributed by atoms with Crippen LogP contribution >= 0.6 is 0 Å². The third-order valence-corrected chi connectivity index (χ3v) is 12.4. The van der Waals surface area contributed by atoms with E-state index in [0.29, 0.717) is 19.3 Å². The van der Waals surface area contributed by atoms with Crippen LogP contribution in [0.4, 0.5) is 0 Å². The zero-order valence-electron chi connectivity index (χ0n) is 47.8. The van der Waals surface area contributed by atoms with Crippen LogP contribution in [0, 0.1) is 0 Å². The van der Waals surface area contributed by atoms with Gasteiger partial charge >= 0.3 is 17.9 Å². The van der Waals surface area contributed by atoms with Gasteiger partial charge in [0.15, 0.2) is 6.10 Å². The molecule has 6 heteroatoms. The number of unbranched alkanes of at least 4 members (excludes halogenated alkanes) is 20. The molecule has 1 unspecified atom stereocenters. The van der Waals surface area contributed by atoms with Gasteiger partial charge in [0.05, 0.1) is 0 Å². The highest BCUT2D eigenvalue weighted by atomic mass is 16.6. The number of esters is 3. The number of ether oxygens (including phenoxy) is 3. The van der Waals surface area contributed by atoms with E-state index in [4.69, 9.17) is 14.2 Å². The van der Waals surface area contributed by atoms with Crippen molar-refractivity contribution in [2.45, 2.75) is 264 Å². The van der Waals surface area contributed by atoms with Crippen LogP contribution in [-0.4, -0.2) is 37.2 Å². The lowest BCUT2D eigenvalue weighted by Gasteiger charge is -2.18. The Hall–Kier alpha value is -4.45. The molecule has 0 aliphatic carbocycles. The minimum atomic E-state index is -0.801. The fraction of sp³-hybridized carbons (Fsp3) is 0.632. The highest BCUT2D eigenvalue weighted by molar-refractivity contribution is 5.71. The second kappa shape index (κ2) is 61.1. The molecule has 0 aliphatic heterocycles. The average Bonchev–Trinajstić information content (AvgIpc) is 3.40. The highest BCUT2D eigenvalue weighted by Gasteiger charge is 2.19. The molecule has 1 atom stereocenters. The van der Waals surface area contributed by atoms with Crippen LogP contribution in [0.15, 0.2) is 134 Å². The van der Waals surface area contributed by atoms with Crippen molar-refractivity contribution in [3.05, 3.63) is 134 Å². The molecule has 0 amide bonds. The first-order valence-electron chi connectivity index (χ1n) is 30.2. The van der Waals surface area contributed by atoms with Gasteiger partial charge in [-0.3, -0.25) is 14.4 Å². The van der Waals surface area contributed by atoms with E-state index in [1.54, 1.807) is 0 Å². The topological polar surface area (TPSA) is 78.9 Å². The molecule has 0 rings (SSSR count). The summed E-state index contributed by atoms with van der Waals surface area (Å²) in [5.74, 6) is -0.950. The lowest BCUT2D eigenvalue weighted by atomic mass is 10.1. The van der Waals surface area contributed by atoms with Gasteiger partial charge in [-0.25, -0.2) is 0 Å². The van der Waals surface area contributed by atoms with Gasteiger partial charge in [-0.05, 0) is 122 Å². The van der Waals surface area contributed by atoms with Crippen molar-refractivity contribution in [1.82, 2.24) is 0 Å². The van der Waals surface area contributed by atoms with Gasteiger partial charge in [-0.15, -0.1) is 0 Å². The van der Waals surface area contributed by atoms with Crippen molar-refractivity contribution in [2.24, 2.45) is 0 Å². The summed E-state index contributed by atoms with van der Waals surface area (Å²) >= 11 is 0. The minimum Gasteiger partial charge on any atom is -0.462 e. The Morgan fingerprint density at radius 3 is 0.851 bits per heavy atom. The minimum absolute atomic E-state index is 0.0964. The monoisotopic (exact) mass is 1020 g/mol. The van der Waals surface area contributed by atoms with Gasteiger partial charge in [0.2, 0.25) is 0 Å². The zero-order valence-corrected chi connectivity index (χ0v) is 47.8. The summed E-state index contributed by atoms with van der Waals surface area (Å²) in [6.07, 6.45) is 86.0. The SMILES string of the molecule is CC/C=C\C/C=C\C/C=C\C/C=C\C/C=C\C/C=C\C/C=C\C/C=C\C/C=C\CCCCCC(=O)OCC(COC(=O)CCCCCCCCCCC)OC(=O)CCCCCCC/C=C\C/C=C\CCCCCC. The predicted molar refractivity (Wildman–Crippen MR) is 320 cm³/mol. The van der Waals surface area contributed by atoms with Crippen LogP contribution in [0.25, 0.3) is 0 Å². The van der Waals surface area contributed by atoms with E-state index < -0.39 is 6.10 Å². The lowest BCUT2D eigenvalue weighted by Crippen LogP contribution is -2.30. The number of carbonyl (C=O) groups excluding carboxylic acids is 3. The highest BCUT2D eigenvalue weighted by Crippen LogP contribution is 2.14. The van der Waals surface area contributed by atoms with E-state index in [-0.39, 0.29) is 31.1 Å². The molecular formula is C68H110O6. The Labute approximate surface area is 455 Å². The maximum absolute atomic E-state index is 12.8. The second-order valence-electron chi connectivity index (χ2n) is 19.5. The van der Waals surface area contributed by atoms with Crippen LogP contribution < -0.4 is 0 Å². The summed E-state index contributed by atoms with van der Waals surface area (Å²) in [6, 6.07) is 0. The molecule has 0 fully saturated rings. The third kappa shape index (κ3) is 58.4. The van der Waals surface area contributed by atoms with E-state index in [1.807, 2.05) is 0 Å². The Morgan fingerprint density at radius 1 is 0.284 bits per heavy atom. The first-order valence-corrected chi connectivity index (χ1v) is 30.2. The van der Waals surface area contributed by atoms with Crippen molar-refractivity contribution >= 4 is 17.9 Å². The molecule has 0 N–H and O–H groups in total. The fourth-order valence-corrected chi connectivity index (χ4v) is 7.88. The summed E-state index contributed by atoms with van der Waals surface area (Å²) < 4.78 is 16.8. The molecule has 74 heavy (non-hydrogen) atoms. The van der Waals surface area contributed by atoms with Crippen LogP contribution in [0.1, 0.15) is 258 Å². The van der Waals surface area contributed by atoms with Crippen molar-refractivity contribution in [3.8, 4) is 0 Å². The lowest BCUT2D eigenvalue weighted by molar-refractivity contribution is -0.167. The van der Waals surface area contributed by atoms with Gasteiger partial charge in [0.1, 0.15) is 13.2 Å². The summed E-state index contributed by atoms with van der Waals surface area (Å²) in [5, 5.41) is 0. The average molecular weight is 1020 g/mol. The molecule has 0 bridgehead atoms. The molecule has 418 valence electrons. The predicted octanol–water partition coefficient (Wildman–Crippen LogP) is 20.6. The van der Waals surface area contributed by atoms with Crippen LogP contribution in [0.2, 0.25) is 0 Å². The Balaban J connectivity index is 4.33. The van der Waals surface area contributed by atoms with Gasteiger partial charge in [0, 0.05) is 19.3 Å². The summed E-state index contributed by atoms with van der Waals surface area (Å²) in [4.78, 5) is 38.1. The fourth-order valence-electron chi connectivity index (χ4n) is 7.88. The van der Waals surface area contributed by atoms with Gasteiger partial charge in [0.25, 0.3) is 0 Å². The number of allylic oxidation sites excluding steroid dienone is 22. The number of rotatable bonds is 53. The summed E-state index contributed by atoms with van der Waals surface area (Å²) in [7, 11) is 0. The van der Waals surface area contributed by atoms with Crippen LogP contribution in [0.3, 0.4) is 0 Å². The van der Waals surface area contributed by atoms with E-state index in [2.05, 4.69) is 154 Å². The molecule has 0 aliphatic rings. The van der Waals surface area contributed by atoms with E-state index in [9.17, 15) is 14.4 Å². The quantitative estimate of drug-likeness (QED) is 0.0261. The van der Waals surface area contributed by atoms with Gasteiger partial charge in [-0.1, -0.05) is 251 Å². The molecule has 0 saturated heterocycles. The molecule has 0 radical (unpaired) electrons. The molecule has 0 aromatic rings. The summed E-state index contributed by atoms with van der Waals surface area (Å²) in [6.45, 7) is 6.44. The first kappa shape index (κ1) is 69.5. The smallest absolute Gasteiger partial charge is 0.306 e. The van der Waals surface area contributed by atoms with Crippen molar-refractivity contribution < 1.29 is 28.6 Å². The Morgan fingerprint density at radius 2 is 0.527 bits per heavy atom. The van der Waals surface area contributed by atoms with E-state index in [1.165, 1.54) is 70.6 Å². The number of hydrogen-bond donors (Lipinski definition) is 0. The van der Waals surface area contributed by atoms with Crippen molar-refractivity contribution in [2.75, 3.05) is 13.2 Å². The molecule has 0 spiro atoms. The summed E-state index contributed by atoms with van der Waals surface area (Å²) in [5.41, 5.74) is 0. The standard InChI is InChI=1S/C68H110O6/c1-4-7-10-13-16-19-21-23-25-27-28-29-30-31-32-33-34-35-36-37-38-39-40-41-43-44-46-49-52-55-58-61-67(70)73-64-65(63-72-66(69)60-57-54-51-48-18-15-12-9-6-3)74-68(71)62-59-56-53-50-47-45-42-26-24-22-20-17-14-11-8-5-2/h7,10,16,19-20,22-23,25-26,28-29,31-32,34-35,37-38,40-42,44,46,65H,4-6,8-9,11-15,17-18,21,24,27,30,33,36,39,43,45,47-64H2,1-3H3/b10-7-,19-16-,22-20-,25-23-,29-28-,32-31-,35-34-,38-37-,41-40-,42-26-,46-44-. The zero-order chi connectivity index (χ0) is 53.6. The molecule has 0 aromatic heterocycles. The third-order valence-electron chi connectivity index (χ3n) is 12.4. The number of carbonyl (C=O) groups is 3. The van der Waals surface area contributed by atoms with Crippen LogP contribution in [-0.2, 0) is 28.6 Å².